The number of rotatable bonds is 4. The Balaban J connectivity index is 2.21. The SMILES string of the molecule is CC(C)(C)OC(=O)NC1CCCCC1NS(=O)(=O)c1ccccc1C(F)(F)F. The van der Waals surface area contributed by atoms with Crippen LogP contribution in [0.4, 0.5) is 18.0 Å². The fraction of sp³-hybridized carbons (Fsp3) is 0.611. The second kappa shape index (κ2) is 8.28. The molecule has 2 rings (SSSR count). The Morgan fingerprint density at radius 3 is 2.21 bits per heavy atom. The van der Waals surface area contributed by atoms with Gasteiger partial charge >= 0.3 is 12.3 Å². The van der Waals surface area contributed by atoms with Crippen molar-refractivity contribution in [3.8, 4) is 0 Å². The lowest BCUT2D eigenvalue weighted by molar-refractivity contribution is -0.139. The van der Waals surface area contributed by atoms with Crippen LogP contribution in [0.3, 0.4) is 0 Å². The zero-order valence-corrected chi connectivity index (χ0v) is 16.8. The quantitative estimate of drug-likeness (QED) is 0.773. The predicted molar refractivity (Wildman–Crippen MR) is 97.2 cm³/mol. The summed E-state index contributed by atoms with van der Waals surface area (Å²) in [6.07, 6.45) is -3.15. The van der Waals surface area contributed by atoms with Crippen LogP contribution in [0.5, 0.6) is 0 Å². The molecule has 0 saturated heterocycles. The van der Waals surface area contributed by atoms with Gasteiger partial charge in [-0.3, -0.25) is 0 Å². The molecule has 10 heteroatoms. The summed E-state index contributed by atoms with van der Waals surface area (Å²) >= 11 is 0. The van der Waals surface area contributed by atoms with E-state index in [0.29, 0.717) is 19.3 Å². The highest BCUT2D eigenvalue weighted by molar-refractivity contribution is 7.89. The average Bonchev–Trinajstić information content (AvgIpc) is 2.54. The van der Waals surface area contributed by atoms with Gasteiger partial charge in [-0.1, -0.05) is 25.0 Å². The maximum atomic E-state index is 13.2. The Bertz CT molecular complexity index is 804. The highest BCUT2D eigenvalue weighted by atomic mass is 32.2. The number of hydrogen-bond donors (Lipinski definition) is 2. The van der Waals surface area contributed by atoms with Gasteiger partial charge in [0.15, 0.2) is 0 Å². The van der Waals surface area contributed by atoms with Gasteiger partial charge in [-0.15, -0.1) is 0 Å². The van der Waals surface area contributed by atoms with Crippen LogP contribution >= 0.6 is 0 Å². The number of hydrogen-bond acceptors (Lipinski definition) is 4. The minimum Gasteiger partial charge on any atom is -0.444 e. The molecule has 0 aromatic heterocycles. The van der Waals surface area contributed by atoms with Crippen LogP contribution < -0.4 is 10.0 Å². The molecule has 1 amide bonds. The lowest BCUT2D eigenvalue weighted by Crippen LogP contribution is -2.53. The molecule has 0 heterocycles. The van der Waals surface area contributed by atoms with E-state index in [9.17, 15) is 26.4 Å². The van der Waals surface area contributed by atoms with Crippen molar-refractivity contribution in [3.05, 3.63) is 29.8 Å². The number of carbonyl (C=O) groups is 1. The van der Waals surface area contributed by atoms with Gasteiger partial charge in [0.05, 0.1) is 10.5 Å². The molecular weight excluding hydrogens is 397 g/mol. The molecule has 28 heavy (non-hydrogen) atoms. The molecule has 0 aliphatic heterocycles. The van der Waals surface area contributed by atoms with Crippen LogP contribution in [0.25, 0.3) is 0 Å². The molecule has 0 bridgehead atoms. The zero-order valence-electron chi connectivity index (χ0n) is 16.0. The summed E-state index contributed by atoms with van der Waals surface area (Å²) in [6, 6.07) is 2.72. The highest BCUT2D eigenvalue weighted by Crippen LogP contribution is 2.34. The zero-order chi connectivity index (χ0) is 21.2. The molecule has 2 N–H and O–H groups in total. The van der Waals surface area contributed by atoms with Gasteiger partial charge in [0.1, 0.15) is 5.60 Å². The lowest BCUT2D eigenvalue weighted by Gasteiger charge is -2.33. The van der Waals surface area contributed by atoms with Crippen molar-refractivity contribution in [1.82, 2.24) is 10.0 Å². The number of ether oxygens (including phenoxy) is 1. The average molecular weight is 422 g/mol. The number of nitrogens with one attached hydrogen (secondary N) is 2. The van der Waals surface area contributed by atoms with Crippen LogP contribution in [0, 0.1) is 0 Å². The van der Waals surface area contributed by atoms with Gasteiger partial charge in [0, 0.05) is 12.1 Å². The molecule has 2 unspecified atom stereocenters. The first-order valence-corrected chi connectivity index (χ1v) is 10.5. The van der Waals surface area contributed by atoms with Crippen LogP contribution in [0.15, 0.2) is 29.2 Å². The smallest absolute Gasteiger partial charge is 0.417 e. The van der Waals surface area contributed by atoms with E-state index in [1.54, 1.807) is 20.8 Å². The van der Waals surface area contributed by atoms with E-state index in [1.807, 2.05) is 0 Å². The topological polar surface area (TPSA) is 84.5 Å². The van der Waals surface area contributed by atoms with Crippen LogP contribution in [0.1, 0.15) is 52.0 Å². The van der Waals surface area contributed by atoms with Crippen molar-refractivity contribution in [2.45, 2.75) is 75.2 Å². The van der Waals surface area contributed by atoms with Crippen molar-refractivity contribution < 1.29 is 31.1 Å². The van der Waals surface area contributed by atoms with Gasteiger partial charge in [0.2, 0.25) is 10.0 Å². The fourth-order valence-corrected chi connectivity index (χ4v) is 4.64. The van der Waals surface area contributed by atoms with Crippen molar-refractivity contribution in [2.24, 2.45) is 0 Å². The highest BCUT2D eigenvalue weighted by Gasteiger charge is 2.38. The molecule has 1 aliphatic rings. The Morgan fingerprint density at radius 2 is 1.64 bits per heavy atom. The molecule has 1 aromatic carbocycles. The third-order valence-corrected chi connectivity index (χ3v) is 5.80. The van der Waals surface area contributed by atoms with Gasteiger partial charge in [-0.2, -0.15) is 13.2 Å². The first-order valence-electron chi connectivity index (χ1n) is 8.98. The lowest BCUT2D eigenvalue weighted by atomic mass is 9.91. The maximum absolute atomic E-state index is 13.2. The standard InChI is InChI=1S/C18H25F3N2O4S/c1-17(2,3)27-16(24)22-13-9-5-6-10-14(13)23-28(25,26)15-11-7-4-8-12(15)18(19,20)21/h4,7-8,11,13-14,23H,5-6,9-10H2,1-3H3,(H,22,24). The second-order valence-corrected chi connectivity index (χ2v) is 9.44. The molecule has 0 radical (unpaired) electrons. The first kappa shape index (κ1) is 22.5. The monoisotopic (exact) mass is 422 g/mol. The number of alkyl carbamates (subject to hydrolysis) is 1. The number of benzene rings is 1. The maximum Gasteiger partial charge on any atom is 0.417 e. The molecule has 158 valence electrons. The van der Waals surface area contributed by atoms with E-state index in [1.165, 1.54) is 6.07 Å². The minimum absolute atomic E-state index is 0.397. The van der Waals surface area contributed by atoms with Crippen molar-refractivity contribution in [1.29, 1.82) is 0 Å². The molecule has 2 atom stereocenters. The number of sulfonamides is 1. The van der Waals surface area contributed by atoms with E-state index in [0.717, 1.165) is 24.6 Å². The van der Waals surface area contributed by atoms with E-state index >= 15 is 0 Å². The number of alkyl halides is 3. The summed E-state index contributed by atoms with van der Waals surface area (Å²) in [4.78, 5) is 11.2. The van der Waals surface area contributed by atoms with Crippen LogP contribution in [-0.4, -0.2) is 32.2 Å². The summed E-state index contributed by atoms with van der Waals surface area (Å²) in [5, 5.41) is 2.63. The molecule has 1 saturated carbocycles. The van der Waals surface area contributed by atoms with Gasteiger partial charge < -0.3 is 10.1 Å². The Labute approximate surface area is 162 Å². The van der Waals surface area contributed by atoms with E-state index < -0.39 is 50.4 Å². The molecule has 1 aromatic rings. The van der Waals surface area contributed by atoms with E-state index in [-0.39, 0.29) is 0 Å². The largest absolute Gasteiger partial charge is 0.444 e. The third kappa shape index (κ3) is 6.10. The summed E-state index contributed by atoms with van der Waals surface area (Å²) in [5.41, 5.74) is -1.95. The summed E-state index contributed by atoms with van der Waals surface area (Å²) in [6.45, 7) is 5.09. The van der Waals surface area contributed by atoms with Gasteiger partial charge in [0.25, 0.3) is 0 Å². The number of halogens is 3. The van der Waals surface area contributed by atoms with Crippen molar-refractivity contribution in [2.75, 3.05) is 0 Å². The van der Waals surface area contributed by atoms with E-state index in [4.69, 9.17) is 4.74 Å². The Kier molecular flexibility index (Phi) is 6.65. The van der Waals surface area contributed by atoms with E-state index in [2.05, 4.69) is 10.0 Å². The molecule has 0 spiro atoms. The van der Waals surface area contributed by atoms with Crippen molar-refractivity contribution >= 4 is 16.1 Å². The summed E-state index contributed by atoms with van der Waals surface area (Å²) < 4.78 is 72.5. The van der Waals surface area contributed by atoms with Crippen molar-refractivity contribution in [3.63, 3.8) is 0 Å². The fourth-order valence-electron chi connectivity index (χ4n) is 3.10. The predicted octanol–water partition coefficient (Wildman–Crippen LogP) is 3.82. The third-order valence-electron chi connectivity index (χ3n) is 4.26. The Hall–Kier alpha value is -1.81. The number of amides is 1. The van der Waals surface area contributed by atoms with Gasteiger partial charge in [-0.25, -0.2) is 17.9 Å². The normalized spacial score (nSPS) is 21.2. The molecule has 6 nitrogen and oxygen atoms in total. The second-order valence-electron chi connectivity index (χ2n) is 7.76. The Morgan fingerprint density at radius 1 is 1.07 bits per heavy atom. The van der Waals surface area contributed by atoms with Crippen LogP contribution in [0.2, 0.25) is 0 Å². The first-order chi connectivity index (χ1) is 12.8. The molecular formula is C18H25F3N2O4S. The minimum atomic E-state index is -4.80. The van der Waals surface area contributed by atoms with Crippen LogP contribution in [-0.2, 0) is 20.9 Å². The molecule has 1 fully saturated rings. The van der Waals surface area contributed by atoms with Gasteiger partial charge in [-0.05, 0) is 45.7 Å². The summed E-state index contributed by atoms with van der Waals surface area (Å²) in [7, 11) is -4.44. The molecule has 1 aliphatic carbocycles. The number of carbonyl (C=O) groups excluding carboxylic acids is 1. The summed E-state index contributed by atoms with van der Waals surface area (Å²) in [5.74, 6) is 0.